The number of carbonyl (C=O) groups excluding carboxylic acids is 2. The molecule has 0 bridgehead atoms. The van der Waals surface area contributed by atoms with Crippen molar-refractivity contribution < 1.29 is 36.6 Å². The van der Waals surface area contributed by atoms with E-state index >= 15 is 0 Å². The zero-order valence-electron chi connectivity index (χ0n) is 12.6. The minimum atomic E-state index is -1.11. The first-order valence-corrected chi connectivity index (χ1v) is 7.07. The highest BCUT2D eigenvalue weighted by Gasteiger charge is 2.32. The third kappa shape index (κ3) is 4.59. The van der Waals surface area contributed by atoms with E-state index in [1.165, 1.54) is 4.90 Å². The van der Waals surface area contributed by atoms with Crippen molar-refractivity contribution in [3.63, 3.8) is 0 Å². The van der Waals surface area contributed by atoms with E-state index in [0.717, 1.165) is 5.56 Å². The number of anilines is 1. The predicted octanol–water partition coefficient (Wildman–Crippen LogP) is -1.83. The third-order valence-corrected chi connectivity index (χ3v) is 3.41. The van der Waals surface area contributed by atoms with Gasteiger partial charge in [-0.05, 0) is 31.4 Å². The Morgan fingerprint density at radius 1 is 1.39 bits per heavy atom. The Morgan fingerprint density at radius 2 is 2.09 bits per heavy atom. The summed E-state index contributed by atoms with van der Waals surface area (Å²) in [6.07, 6.45) is 0.280. The molecule has 126 valence electrons. The van der Waals surface area contributed by atoms with E-state index in [2.05, 4.69) is 5.32 Å². The van der Waals surface area contributed by atoms with Crippen LogP contribution in [0.4, 0.5) is 10.5 Å². The maximum atomic E-state index is 12.6. The largest absolute Gasteiger partial charge is 1.00 e. The molecule has 0 spiro atoms. The number of amides is 2. The van der Waals surface area contributed by atoms with Gasteiger partial charge < -0.3 is 27.6 Å². The van der Waals surface area contributed by atoms with Gasteiger partial charge in [-0.1, -0.05) is 18.2 Å². The first-order valence-electron chi connectivity index (χ1n) is 7.07. The standard InChI is InChI=1S/C15H18N2O5.ClH/c1-2-22-15(21)16-11-8-7-10-5-3-4-6-12(10)17(14(11)20)9-13(18)19;/h3-6,11H,2,7-9H2,1H3,(H,16,21)(H,18,19);1H/p-1. The molecule has 2 amide bonds. The summed E-state index contributed by atoms with van der Waals surface area (Å²) >= 11 is 0. The second-order valence-corrected chi connectivity index (χ2v) is 4.90. The monoisotopic (exact) mass is 341 g/mol. The van der Waals surface area contributed by atoms with Crippen LogP contribution in [0.2, 0.25) is 0 Å². The molecule has 1 aromatic rings. The Kier molecular flexibility index (Phi) is 6.84. The second-order valence-electron chi connectivity index (χ2n) is 4.90. The Balaban J connectivity index is 0.00000264. The van der Waals surface area contributed by atoms with Crippen LogP contribution in [0.5, 0.6) is 0 Å². The van der Waals surface area contributed by atoms with Gasteiger partial charge in [0.1, 0.15) is 12.6 Å². The average molecular weight is 342 g/mol. The molecular weight excluding hydrogens is 324 g/mol. The van der Waals surface area contributed by atoms with Gasteiger partial charge in [-0.25, -0.2) is 4.79 Å². The number of nitrogens with zero attached hydrogens (tertiary/aromatic N) is 1. The van der Waals surface area contributed by atoms with Crippen molar-refractivity contribution in [3.05, 3.63) is 29.8 Å². The minimum Gasteiger partial charge on any atom is -1.00 e. The number of benzene rings is 1. The molecule has 0 fully saturated rings. The van der Waals surface area contributed by atoms with E-state index < -0.39 is 30.6 Å². The van der Waals surface area contributed by atoms with Gasteiger partial charge >= 0.3 is 12.1 Å². The number of aliphatic carboxylic acids is 1. The van der Waals surface area contributed by atoms with E-state index in [9.17, 15) is 14.4 Å². The van der Waals surface area contributed by atoms with Crippen LogP contribution in [-0.4, -0.2) is 42.3 Å². The summed E-state index contributed by atoms with van der Waals surface area (Å²) in [5, 5.41) is 11.5. The molecule has 1 heterocycles. The number of carboxylic acid groups (broad SMARTS) is 1. The summed E-state index contributed by atoms with van der Waals surface area (Å²) in [6, 6.07) is 6.35. The molecule has 1 aliphatic rings. The van der Waals surface area contributed by atoms with Crippen LogP contribution < -0.4 is 22.6 Å². The summed E-state index contributed by atoms with van der Waals surface area (Å²) in [4.78, 5) is 36.4. The highest BCUT2D eigenvalue weighted by atomic mass is 35.5. The van der Waals surface area contributed by atoms with Gasteiger partial charge in [0.2, 0.25) is 5.91 Å². The number of ether oxygens (including phenoxy) is 1. The summed E-state index contributed by atoms with van der Waals surface area (Å²) in [7, 11) is 0. The van der Waals surface area contributed by atoms with Crippen molar-refractivity contribution in [2.45, 2.75) is 25.8 Å². The molecule has 1 unspecified atom stereocenters. The lowest BCUT2D eigenvalue weighted by Gasteiger charge is -2.24. The molecule has 2 N–H and O–H groups in total. The molecule has 1 atom stereocenters. The van der Waals surface area contributed by atoms with Crippen molar-refractivity contribution in [1.29, 1.82) is 0 Å². The molecule has 0 aromatic heterocycles. The van der Waals surface area contributed by atoms with Gasteiger partial charge in [0.25, 0.3) is 0 Å². The summed E-state index contributed by atoms with van der Waals surface area (Å²) < 4.78 is 4.79. The number of carbonyl (C=O) groups is 3. The SMILES string of the molecule is CCOC(=O)NC1CCc2ccccc2N(CC(=O)O)C1=O.[Cl-]. The quantitative estimate of drug-likeness (QED) is 0.671. The number of alkyl carbamates (subject to hydrolysis) is 1. The highest BCUT2D eigenvalue weighted by molar-refractivity contribution is 6.02. The summed E-state index contributed by atoms with van der Waals surface area (Å²) in [5.74, 6) is -1.56. The van der Waals surface area contributed by atoms with Gasteiger partial charge in [0, 0.05) is 5.69 Å². The smallest absolute Gasteiger partial charge is 0.407 e. The van der Waals surface area contributed by atoms with Gasteiger partial charge in [-0.15, -0.1) is 0 Å². The van der Waals surface area contributed by atoms with E-state index in [0.29, 0.717) is 18.5 Å². The fraction of sp³-hybridized carbons (Fsp3) is 0.400. The van der Waals surface area contributed by atoms with Crippen LogP contribution in [0.1, 0.15) is 18.9 Å². The molecule has 23 heavy (non-hydrogen) atoms. The molecule has 0 aliphatic carbocycles. The molecule has 1 aromatic carbocycles. The maximum Gasteiger partial charge on any atom is 0.407 e. The maximum absolute atomic E-state index is 12.6. The van der Waals surface area contributed by atoms with Crippen molar-refractivity contribution >= 4 is 23.7 Å². The van der Waals surface area contributed by atoms with Crippen LogP contribution in [0.15, 0.2) is 24.3 Å². The number of carboxylic acids is 1. The van der Waals surface area contributed by atoms with Crippen LogP contribution in [-0.2, 0) is 20.7 Å². The lowest BCUT2D eigenvalue weighted by atomic mass is 10.1. The number of fused-ring (bicyclic) bond motifs is 1. The van der Waals surface area contributed by atoms with Gasteiger partial charge in [-0.3, -0.25) is 14.5 Å². The minimum absolute atomic E-state index is 0. The molecule has 0 radical (unpaired) electrons. The Labute approximate surface area is 140 Å². The van der Waals surface area contributed by atoms with Crippen molar-refractivity contribution in [2.24, 2.45) is 0 Å². The fourth-order valence-electron chi connectivity index (χ4n) is 2.46. The second kappa shape index (κ2) is 8.38. The summed E-state index contributed by atoms with van der Waals surface area (Å²) in [6.45, 7) is 1.42. The molecule has 2 rings (SSSR count). The van der Waals surface area contributed by atoms with Crippen molar-refractivity contribution in [3.8, 4) is 0 Å². The van der Waals surface area contributed by atoms with Gasteiger partial charge in [0.15, 0.2) is 0 Å². The molecule has 8 heteroatoms. The number of rotatable bonds is 4. The molecule has 0 saturated carbocycles. The first-order chi connectivity index (χ1) is 10.5. The number of para-hydroxylation sites is 1. The van der Waals surface area contributed by atoms with E-state index in [-0.39, 0.29) is 19.0 Å². The zero-order valence-corrected chi connectivity index (χ0v) is 13.4. The Morgan fingerprint density at radius 3 is 2.74 bits per heavy atom. The highest BCUT2D eigenvalue weighted by Crippen LogP contribution is 2.26. The third-order valence-electron chi connectivity index (χ3n) is 3.41. The molecular formula is C15H18ClN2O5-. The lowest BCUT2D eigenvalue weighted by Crippen LogP contribution is -3.00. The lowest BCUT2D eigenvalue weighted by molar-refractivity contribution is -0.136. The van der Waals surface area contributed by atoms with E-state index in [4.69, 9.17) is 9.84 Å². The predicted molar refractivity (Wildman–Crippen MR) is 78.7 cm³/mol. The van der Waals surface area contributed by atoms with Crippen molar-refractivity contribution in [1.82, 2.24) is 5.32 Å². The Hall–Kier alpha value is -2.28. The number of nitrogens with one attached hydrogen (secondary N) is 1. The van der Waals surface area contributed by atoms with Gasteiger partial charge in [-0.2, -0.15) is 0 Å². The number of aryl methyl sites for hydroxylation is 1. The topological polar surface area (TPSA) is 95.9 Å². The number of hydrogen-bond donors (Lipinski definition) is 2. The number of hydrogen-bond acceptors (Lipinski definition) is 4. The van der Waals surface area contributed by atoms with Crippen molar-refractivity contribution in [2.75, 3.05) is 18.1 Å². The summed E-state index contributed by atoms with van der Waals surface area (Å²) in [5.41, 5.74) is 1.45. The Bertz CT molecular complexity index is 593. The van der Waals surface area contributed by atoms with E-state index in [1.807, 2.05) is 12.1 Å². The van der Waals surface area contributed by atoms with Crippen LogP contribution in [0.3, 0.4) is 0 Å². The van der Waals surface area contributed by atoms with Gasteiger partial charge in [0.05, 0.1) is 6.61 Å². The first kappa shape index (κ1) is 18.8. The van der Waals surface area contributed by atoms with Crippen LogP contribution in [0, 0.1) is 0 Å². The fourth-order valence-corrected chi connectivity index (χ4v) is 2.46. The number of halogens is 1. The molecule has 0 saturated heterocycles. The zero-order chi connectivity index (χ0) is 16.1. The average Bonchev–Trinajstić information content (AvgIpc) is 2.59. The molecule has 1 aliphatic heterocycles. The van der Waals surface area contributed by atoms with E-state index in [1.54, 1.807) is 19.1 Å². The van der Waals surface area contributed by atoms with Crippen LogP contribution >= 0.6 is 0 Å². The van der Waals surface area contributed by atoms with Crippen LogP contribution in [0.25, 0.3) is 0 Å². The molecule has 7 nitrogen and oxygen atoms in total. The normalized spacial score (nSPS) is 16.7.